The van der Waals surface area contributed by atoms with E-state index >= 15 is 0 Å². The Morgan fingerprint density at radius 1 is 1.08 bits per heavy atom. The van der Waals surface area contributed by atoms with Gasteiger partial charge in [0, 0.05) is 30.7 Å². The summed E-state index contributed by atoms with van der Waals surface area (Å²) in [4.78, 5) is 19.0. The van der Waals surface area contributed by atoms with E-state index in [9.17, 15) is 4.79 Å². The average Bonchev–Trinajstić information content (AvgIpc) is 2.96. The molecule has 1 saturated heterocycles. The van der Waals surface area contributed by atoms with Crippen LogP contribution in [0.2, 0.25) is 0 Å². The summed E-state index contributed by atoms with van der Waals surface area (Å²) in [5.41, 5.74) is 1.85. The van der Waals surface area contributed by atoms with Crippen LogP contribution in [0.5, 0.6) is 11.5 Å². The minimum atomic E-state index is -0.0809. The van der Waals surface area contributed by atoms with Gasteiger partial charge in [-0.15, -0.1) is 0 Å². The predicted molar refractivity (Wildman–Crippen MR) is 93.7 cm³/mol. The summed E-state index contributed by atoms with van der Waals surface area (Å²) in [7, 11) is 0. The van der Waals surface area contributed by atoms with Crippen LogP contribution in [0.4, 0.5) is 10.5 Å². The van der Waals surface area contributed by atoms with Crippen LogP contribution < -0.4 is 14.8 Å². The van der Waals surface area contributed by atoms with Crippen LogP contribution in [0.15, 0.2) is 42.7 Å². The molecule has 0 saturated carbocycles. The summed E-state index contributed by atoms with van der Waals surface area (Å²) >= 11 is 0. The normalized spacial score (nSPS) is 19.4. The number of nitrogens with one attached hydrogen (secondary N) is 1. The highest BCUT2D eigenvalue weighted by Crippen LogP contribution is 2.35. The van der Waals surface area contributed by atoms with Crippen LogP contribution in [0, 0.1) is 0 Å². The van der Waals surface area contributed by atoms with Crippen molar-refractivity contribution in [1.29, 1.82) is 0 Å². The van der Waals surface area contributed by atoms with Crippen molar-refractivity contribution in [2.75, 3.05) is 18.7 Å². The molecular formula is C19H21N3O3. The molecule has 2 aromatic rings. The SMILES string of the molecule is O=C(Nc1ccc2c(c1)OCO2)N1CCCCCC1c1ccncc1. The quantitative estimate of drug-likeness (QED) is 0.899. The van der Waals surface area contributed by atoms with Crippen LogP contribution in [-0.2, 0) is 0 Å². The third-order valence-electron chi connectivity index (χ3n) is 4.73. The van der Waals surface area contributed by atoms with Gasteiger partial charge in [0.15, 0.2) is 11.5 Å². The Bertz CT molecular complexity index is 751. The lowest BCUT2D eigenvalue weighted by molar-refractivity contribution is 0.174. The predicted octanol–water partition coefficient (Wildman–Crippen LogP) is 3.96. The summed E-state index contributed by atoms with van der Waals surface area (Å²) in [6.07, 6.45) is 7.84. The van der Waals surface area contributed by atoms with E-state index in [1.165, 1.54) is 0 Å². The highest BCUT2D eigenvalue weighted by molar-refractivity contribution is 5.90. The molecule has 2 aliphatic heterocycles. The van der Waals surface area contributed by atoms with Crippen molar-refractivity contribution in [2.24, 2.45) is 0 Å². The molecule has 1 aromatic carbocycles. The second kappa shape index (κ2) is 7.01. The van der Waals surface area contributed by atoms with E-state index in [-0.39, 0.29) is 18.9 Å². The number of hydrogen-bond acceptors (Lipinski definition) is 4. The van der Waals surface area contributed by atoms with Gasteiger partial charge in [0.2, 0.25) is 6.79 Å². The monoisotopic (exact) mass is 339 g/mol. The fourth-order valence-electron chi connectivity index (χ4n) is 3.45. The standard InChI is InChI=1S/C19H21N3O3/c23-19(21-15-5-6-17-18(12-15)25-13-24-17)22-11-3-1-2-4-16(22)14-7-9-20-10-8-14/h5-10,12,16H,1-4,11,13H2,(H,21,23). The van der Waals surface area contributed by atoms with E-state index in [1.807, 2.05) is 29.2 Å². The number of benzene rings is 1. The summed E-state index contributed by atoms with van der Waals surface area (Å²) in [5.74, 6) is 1.38. The van der Waals surface area contributed by atoms with Gasteiger partial charge >= 0.3 is 6.03 Å². The van der Waals surface area contributed by atoms with Gasteiger partial charge in [-0.3, -0.25) is 4.98 Å². The van der Waals surface area contributed by atoms with Gasteiger partial charge in [-0.1, -0.05) is 12.8 Å². The molecule has 1 N–H and O–H groups in total. The van der Waals surface area contributed by atoms with Gasteiger partial charge in [0.25, 0.3) is 0 Å². The molecule has 25 heavy (non-hydrogen) atoms. The highest BCUT2D eigenvalue weighted by atomic mass is 16.7. The lowest BCUT2D eigenvalue weighted by Crippen LogP contribution is -2.38. The van der Waals surface area contributed by atoms with Crippen molar-refractivity contribution in [3.63, 3.8) is 0 Å². The number of fused-ring (bicyclic) bond motifs is 1. The van der Waals surface area contributed by atoms with E-state index in [2.05, 4.69) is 10.3 Å². The van der Waals surface area contributed by atoms with Crippen LogP contribution in [0.1, 0.15) is 37.3 Å². The molecule has 6 nitrogen and oxygen atoms in total. The highest BCUT2D eigenvalue weighted by Gasteiger charge is 2.27. The number of ether oxygens (including phenoxy) is 2. The van der Waals surface area contributed by atoms with Crippen LogP contribution in [0.3, 0.4) is 0 Å². The van der Waals surface area contributed by atoms with Gasteiger partial charge in [0.1, 0.15) is 0 Å². The van der Waals surface area contributed by atoms with Crippen LogP contribution >= 0.6 is 0 Å². The number of likely N-dealkylation sites (tertiary alicyclic amines) is 1. The molecule has 0 radical (unpaired) electrons. The zero-order valence-electron chi connectivity index (χ0n) is 14.0. The van der Waals surface area contributed by atoms with Gasteiger partial charge in [-0.2, -0.15) is 0 Å². The van der Waals surface area contributed by atoms with Gasteiger partial charge in [-0.25, -0.2) is 4.79 Å². The summed E-state index contributed by atoms with van der Waals surface area (Å²) in [6.45, 7) is 0.979. The number of rotatable bonds is 2. The molecule has 2 amide bonds. The second-order valence-electron chi connectivity index (χ2n) is 6.34. The Kier molecular flexibility index (Phi) is 4.41. The number of pyridine rings is 1. The molecule has 1 fully saturated rings. The smallest absolute Gasteiger partial charge is 0.322 e. The molecule has 0 bridgehead atoms. The number of amides is 2. The average molecular weight is 339 g/mol. The molecule has 1 unspecified atom stereocenters. The Balaban J connectivity index is 1.54. The topological polar surface area (TPSA) is 63.7 Å². The van der Waals surface area contributed by atoms with Crippen LogP contribution in [-0.4, -0.2) is 29.3 Å². The van der Waals surface area contributed by atoms with Crippen molar-refractivity contribution in [2.45, 2.75) is 31.7 Å². The van der Waals surface area contributed by atoms with E-state index in [4.69, 9.17) is 9.47 Å². The molecule has 0 aliphatic carbocycles. The molecule has 130 valence electrons. The molecule has 0 spiro atoms. The van der Waals surface area contributed by atoms with E-state index in [0.29, 0.717) is 17.2 Å². The first-order valence-corrected chi connectivity index (χ1v) is 8.68. The fourth-order valence-corrected chi connectivity index (χ4v) is 3.45. The lowest BCUT2D eigenvalue weighted by atomic mass is 10.0. The molecular weight excluding hydrogens is 318 g/mol. The zero-order valence-corrected chi connectivity index (χ0v) is 14.0. The van der Waals surface area contributed by atoms with Crippen LogP contribution in [0.25, 0.3) is 0 Å². The number of carbonyl (C=O) groups is 1. The molecule has 6 heteroatoms. The lowest BCUT2D eigenvalue weighted by Gasteiger charge is -2.30. The molecule has 1 aromatic heterocycles. The summed E-state index contributed by atoms with van der Waals surface area (Å²) in [6, 6.07) is 9.46. The Hall–Kier alpha value is -2.76. The maximum absolute atomic E-state index is 12.9. The van der Waals surface area contributed by atoms with E-state index in [1.54, 1.807) is 18.5 Å². The fraction of sp³-hybridized carbons (Fsp3) is 0.368. The molecule has 4 rings (SSSR count). The molecule has 1 atom stereocenters. The van der Waals surface area contributed by atoms with Gasteiger partial charge in [-0.05, 0) is 42.7 Å². The number of hydrogen-bond donors (Lipinski definition) is 1. The summed E-state index contributed by atoms with van der Waals surface area (Å²) in [5, 5.41) is 3.00. The third-order valence-corrected chi connectivity index (χ3v) is 4.73. The largest absolute Gasteiger partial charge is 0.454 e. The number of aromatic nitrogens is 1. The van der Waals surface area contributed by atoms with Crippen molar-refractivity contribution >= 4 is 11.7 Å². The maximum atomic E-state index is 12.9. The minimum Gasteiger partial charge on any atom is -0.454 e. The second-order valence-corrected chi connectivity index (χ2v) is 6.34. The molecule has 3 heterocycles. The number of urea groups is 1. The maximum Gasteiger partial charge on any atom is 0.322 e. The first-order valence-electron chi connectivity index (χ1n) is 8.68. The first-order chi connectivity index (χ1) is 12.3. The van der Waals surface area contributed by atoms with E-state index < -0.39 is 0 Å². The third kappa shape index (κ3) is 3.38. The first kappa shape index (κ1) is 15.7. The van der Waals surface area contributed by atoms with Crippen molar-refractivity contribution in [3.8, 4) is 11.5 Å². The van der Waals surface area contributed by atoms with Crippen molar-refractivity contribution in [1.82, 2.24) is 9.88 Å². The number of nitrogens with zero attached hydrogens (tertiary/aromatic N) is 2. The van der Waals surface area contributed by atoms with Gasteiger partial charge in [0.05, 0.1) is 6.04 Å². The number of anilines is 1. The molecule has 2 aliphatic rings. The Morgan fingerprint density at radius 3 is 2.80 bits per heavy atom. The van der Waals surface area contributed by atoms with Crippen molar-refractivity contribution in [3.05, 3.63) is 48.3 Å². The minimum absolute atomic E-state index is 0.0809. The Labute approximate surface area is 146 Å². The van der Waals surface area contributed by atoms with Crippen molar-refractivity contribution < 1.29 is 14.3 Å². The van der Waals surface area contributed by atoms with E-state index in [0.717, 1.165) is 37.8 Å². The number of carbonyl (C=O) groups excluding carboxylic acids is 1. The Morgan fingerprint density at radius 2 is 1.92 bits per heavy atom. The zero-order chi connectivity index (χ0) is 17.1. The van der Waals surface area contributed by atoms with Gasteiger partial charge < -0.3 is 19.7 Å². The summed E-state index contributed by atoms with van der Waals surface area (Å²) < 4.78 is 10.7.